The Morgan fingerprint density at radius 3 is 2.81 bits per heavy atom. The molecule has 1 aromatic carbocycles. The van der Waals surface area contributed by atoms with E-state index in [9.17, 15) is 0 Å². The molecule has 2 aliphatic rings. The highest BCUT2D eigenvalue weighted by Crippen LogP contribution is 2.37. The number of nitrogens with one attached hydrogen (secondary N) is 1. The first-order valence-corrected chi connectivity index (χ1v) is 5.67. The van der Waals surface area contributed by atoms with Crippen LogP contribution in [0.4, 0.5) is 5.69 Å². The van der Waals surface area contributed by atoms with E-state index in [0.717, 1.165) is 19.8 Å². The van der Waals surface area contributed by atoms with Crippen LogP contribution in [0.3, 0.4) is 0 Å². The molecule has 2 saturated heterocycles. The molecular formula is C13H14N2O. The molecule has 1 N–H and O–H groups in total. The Labute approximate surface area is 95.2 Å². The molecule has 3 rings (SSSR count). The van der Waals surface area contributed by atoms with E-state index in [4.69, 9.17) is 11.3 Å². The molecule has 2 fully saturated rings. The van der Waals surface area contributed by atoms with Crippen LogP contribution in [-0.2, 0) is 4.74 Å². The van der Waals surface area contributed by atoms with Crippen molar-refractivity contribution in [2.24, 2.45) is 11.8 Å². The van der Waals surface area contributed by atoms with Gasteiger partial charge in [0.15, 0.2) is 5.69 Å². The third kappa shape index (κ3) is 1.51. The van der Waals surface area contributed by atoms with Crippen molar-refractivity contribution in [2.45, 2.75) is 6.04 Å². The molecule has 0 aliphatic carbocycles. The van der Waals surface area contributed by atoms with Crippen molar-refractivity contribution in [1.82, 2.24) is 5.32 Å². The summed E-state index contributed by atoms with van der Waals surface area (Å²) < 4.78 is 5.52. The quantitative estimate of drug-likeness (QED) is 0.725. The van der Waals surface area contributed by atoms with Gasteiger partial charge in [-0.05, 0) is 5.56 Å². The van der Waals surface area contributed by atoms with E-state index in [0.29, 0.717) is 23.6 Å². The first kappa shape index (κ1) is 9.83. The van der Waals surface area contributed by atoms with E-state index in [-0.39, 0.29) is 0 Å². The van der Waals surface area contributed by atoms with Gasteiger partial charge in [-0.2, -0.15) is 0 Å². The second-order valence-corrected chi connectivity index (χ2v) is 4.55. The molecule has 0 aromatic heterocycles. The summed E-state index contributed by atoms with van der Waals surface area (Å²) in [7, 11) is 0. The lowest BCUT2D eigenvalue weighted by molar-refractivity contribution is 0.169. The van der Waals surface area contributed by atoms with E-state index >= 15 is 0 Å². The van der Waals surface area contributed by atoms with Gasteiger partial charge in [-0.15, -0.1) is 0 Å². The summed E-state index contributed by atoms with van der Waals surface area (Å²) in [4.78, 5) is 3.41. The zero-order chi connectivity index (χ0) is 11.0. The summed E-state index contributed by atoms with van der Waals surface area (Å²) in [6.45, 7) is 9.75. The zero-order valence-electron chi connectivity index (χ0n) is 9.02. The number of nitrogens with zero attached hydrogens (tertiary/aromatic N) is 1. The maximum atomic E-state index is 6.93. The van der Waals surface area contributed by atoms with Crippen LogP contribution in [0.2, 0.25) is 0 Å². The Kier molecular flexibility index (Phi) is 2.39. The average Bonchev–Trinajstić information content (AvgIpc) is 2.91. The van der Waals surface area contributed by atoms with Crippen LogP contribution in [0.1, 0.15) is 11.6 Å². The molecule has 0 bridgehead atoms. The van der Waals surface area contributed by atoms with Crippen molar-refractivity contribution in [2.75, 3.05) is 19.8 Å². The lowest BCUT2D eigenvalue weighted by Crippen LogP contribution is -2.19. The number of ether oxygens (including phenoxy) is 1. The Balaban J connectivity index is 1.84. The number of hydrogen-bond donors (Lipinski definition) is 1. The highest BCUT2D eigenvalue weighted by molar-refractivity contribution is 5.46. The van der Waals surface area contributed by atoms with Crippen LogP contribution in [0.25, 0.3) is 4.85 Å². The number of benzene rings is 1. The fourth-order valence-corrected chi connectivity index (χ4v) is 2.74. The van der Waals surface area contributed by atoms with Crippen molar-refractivity contribution in [3.63, 3.8) is 0 Å². The van der Waals surface area contributed by atoms with Crippen molar-refractivity contribution in [3.05, 3.63) is 41.2 Å². The van der Waals surface area contributed by atoms with E-state index in [1.807, 2.05) is 12.1 Å². The molecular weight excluding hydrogens is 200 g/mol. The molecule has 2 unspecified atom stereocenters. The van der Waals surface area contributed by atoms with E-state index < -0.39 is 0 Å². The van der Waals surface area contributed by atoms with Gasteiger partial charge in [0.1, 0.15) is 0 Å². The van der Waals surface area contributed by atoms with Crippen LogP contribution in [-0.4, -0.2) is 19.8 Å². The largest absolute Gasteiger partial charge is 0.381 e. The molecule has 16 heavy (non-hydrogen) atoms. The molecule has 2 aliphatic heterocycles. The molecule has 2 heterocycles. The first-order chi connectivity index (χ1) is 7.88. The molecule has 0 saturated carbocycles. The van der Waals surface area contributed by atoms with Gasteiger partial charge in [0.25, 0.3) is 0 Å². The van der Waals surface area contributed by atoms with Gasteiger partial charge in [-0.3, -0.25) is 0 Å². The minimum absolute atomic E-state index is 0.410. The van der Waals surface area contributed by atoms with Gasteiger partial charge in [-0.25, -0.2) is 4.85 Å². The second kappa shape index (κ2) is 3.89. The normalized spacial score (nSPS) is 32.3. The van der Waals surface area contributed by atoms with Crippen molar-refractivity contribution >= 4 is 5.69 Å². The van der Waals surface area contributed by atoms with Crippen molar-refractivity contribution < 1.29 is 4.74 Å². The molecule has 1 aromatic rings. The smallest absolute Gasteiger partial charge is 0.187 e. The molecule has 3 nitrogen and oxygen atoms in total. The maximum absolute atomic E-state index is 6.93. The summed E-state index contributed by atoms with van der Waals surface area (Å²) >= 11 is 0. The lowest BCUT2D eigenvalue weighted by Gasteiger charge is -2.17. The fraction of sp³-hybridized carbons (Fsp3) is 0.462. The van der Waals surface area contributed by atoms with Crippen LogP contribution >= 0.6 is 0 Å². The highest BCUT2D eigenvalue weighted by atomic mass is 16.5. The van der Waals surface area contributed by atoms with E-state index in [2.05, 4.69) is 22.3 Å². The summed E-state index contributed by atoms with van der Waals surface area (Å²) in [5, 5.41) is 3.55. The molecule has 0 amide bonds. The highest BCUT2D eigenvalue weighted by Gasteiger charge is 2.40. The van der Waals surface area contributed by atoms with E-state index in [1.165, 1.54) is 5.56 Å². The Bertz CT molecular complexity index is 421. The lowest BCUT2D eigenvalue weighted by atomic mass is 9.90. The van der Waals surface area contributed by atoms with E-state index in [1.54, 1.807) is 0 Å². The summed E-state index contributed by atoms with van der Waals surface area (Å²) in [6, 6.07) is 8.32. The van der Waals surface area contributed by atoms with Crippen LogP contribution < -0.4 is 5.32 Å². The van der Waals surface area contributed by atoms with Crippen LogP contribution in [0, 0.1) is 18.4 Å². The number of fused-ring (bicyclic) bond motifs is 1. The van der Waals surface area contributed by atoms with Crippen LogP contribution in [0.5, 0.6) is 0 Å². The van der Waals surface area contributed by atoms with Crippen molar-refractivity contribution in [1.29, 1.82) is 0 Å². The molecule has 0 radical (unpaired) electrons. The molecule has 3 heteroatoms. The average molecular weight is 214 g/mol. The molecule has 3 atom stereocenters. The van der Waals surface area contributed by atoms with Gasteiger partial charge < -0.3 is 10.1 Å². The van der Waals surface area contributed by atoms with Gasteiger partial charge in [0.2, 0.25) is 0 Å². The predicted octanol–water partition coefficient (Wildman–Crippen LogP) is 2.14. The Morgan fingerprint density at radius 2 is 2.06 bits per heavy atom. The summed E-state index contributed by atoms with van der Waals surface area (Å²) in [5.41, 5.74) is 1.99. The molecule has 0 spiro atoms. The van der Waals surface area contributed by atoms with Gasteiger partial charge in [-0.1, -0.05) is 24.3 Å². The van der Waals surface area contributed by atoms with Gasteiger partial charge in [0, 0.05) is 24.4 Å². The van der Waals surface area contributed by atoms with Crippen LogP contribution in [0.15, 0.2) is 24.3 Å². The maximum Gasteiger partial charge on any atom is 0.187 e. The fourth-order valence-electron chi connectivity index (χ4n) is 2.74. The standard InChI is InChI=1S/C13H14N2O/c1-14-11-4-2-9(3-5-11)13-12-8-16-7-10(12)6-15-13/h2-5,10,12-13,15H,6-8H2/t10-,12?,13?/m1/s1. The third-order valence-electron chi connectivity index (χ3n) is 3.66. The summed E-state index contributed by atoms with van der Waals surface area (Å²) in [5.74, 6) is 1.28. The SMILES string of the molecule is [C-]#[N+]c1ccc(C2NC[C@@H]3COCC23)cc1. The second-order valence-electron chi connectivity index (χ2n) is 4.55. The number of hydrogen-bond acceptors (Lipinski definition) is 2. The topological polar surface area (TPSA) is 25.6 Å². The van der Waals surface area contributed by atoms with Gasteiger partial charge in [0.05, 0.1) is 19.8 Å². The third-order valence-corrected chi connectivity index (χ3v) is 3.66. The van der Waals surface area contributed by atoms with Crippen molar-refractivity contribution in [3.8, 4) is 0 Å². The minimum atomic E-state index is 0.410. The van der Waals surface area contributed by atoms with Gasteiger partial charge >= 0.3 is 0 Å². The first-order valence-electron chi connectivity index (χ1n) is 5.67. The number of rotatable bonds is 1. The Morgan fingerprint density at radius 1 is 1.25 bits per heavy atom. The zero-order valence-corrected chi connectivity index (χ0v) is 9.02. The minimum Gasteiger partial charge on any atom is -0.381 e. The Hall–Kier alpha value is -1.37. The monoisotopic (exact) mass is 214 g/mol. The molecule has 82 valence electrons. The predicted molar refractivity (Wildman–Crippen MR) is 61.2 cm³/mol. The summed E-state index contributed by atoms with van der Waals surface area (Å²) in [6.07, 6.45) is 0.